The van der Waals surface area contributed by atoms with Gasteiger partial charge in [0.2, 0.25) is 0 Å². The summed E-state index contributed by atoms with van der Waals surface area (Å²) in [4.78, 5) is 0. The van der Waals surface area contributed by atoms with E-state index in [1.807, 2.05) is 25.1 Å². The van der Waals surface area contributed by atoms with Gasteiger partial charge in [-0.05, 0) is 37.3 Å². The van der Waals surface area contributed by atoms with Crippen molar-refractivity contribution in [2.75, 3.05) is 17.6 Å². The minimum atomic E-state index is -0.232. The van der Waals surface area contributed by atoms with Gasteiger partial charge in [-0.3, -0.25) is 0 Å². The van der Waals surface area contributed by atoms with Gasteiger partial charge in [-0.25, -0.2) is 0 Å². The lowest BCUT2D eigenvalue weighted by Gasteiger charge is -2.14. The van der Waals surface area contributed by atoms with Crippen LogP contribution in [0.15, 0.2) is 18.2 Å². The first-order valence-electron chi connectivity index (χ1n) is 5.45. The van der Waals surface area contributed by atoms with Crippen LogP contribution in [-0.4, -0.2) is 17.8 Å². The van der Waals surface area contributed by atoms with E-state index in [1.54, 1.807) is 0 Å². The molecule has 0 spiro atoms. The summed E-state index contributed by atoms with van der Waals surface area (Å²) >= 11 is 0. The largest absolute Gasteiger partial charge is 0.397 e. The maximum absolute atomic E-state index is 9.71. The van der Waals surface area contributed by atoms with E-state index < -0.39 is 0 Å². The van der Waals surface area contributed by atoms with Crippen LogP contribution in [0.1, 0.15) is 18.4 Å². The van der Waals surface area contributed by atoms with Crippen molar-refractivity contribution in [2.45, 2.75) is 25.9 Å². The lowest BCUT2D eigenvalue weighted by Crippen LogP contribution is -2.21. The topological polar surface area (TPSA) is 58.3 Å². The van der Waals surface area contributed by atoms with Crippen molar-refractivity contribution in [3.05, 3.63) is 23.8 Å². The Balaban J connectivity index is 1.95. The number of para-hydroxylation sites is 1. The molecule has 0 bridgehead atoms. The molecule has 1 aromatic carbocycles. The quantitative estimate of drug-likeness (QED) is 0.658. The van der Waals surface area contributed by atoms with E-state index >= 15 is 0 Å². The average molecular weight is 206 g/mol. The van der Waals surface area contributed by atoms with Gasteiger partial charge in [-0.15, -0.1) is 0 Å². The first kappa shape index (κ1) is 10.3. The third-order valence-electron chi connectivity index (χ3n) is 2.99. The summed E-state index contributed by atoms with van der Waals surface area (Å²) in [5.74, 6) is 0.503. The standard InChI is InChI=1S/C12H18N2O/c1-8-3-2-4-10(12(8)13)14-7-11(15)9-5-6-9/h2-4,9,11,14-15H,5-7,13H2,1H3. The number of hydrogen-bond donors (Lipinski definition) is 3. The molecule has 82 valence electrons. The van der Waals surface area contributed by atoms with Crippen molar-refractivity contribution in [3.8, 4) is 0 Å². The Morgan fingerprint density at radius 3 is 2.93 bits per heavy atom. The highest BCUT2D eigenvalue weighted by molar-refractivity contribution is 5.69. The second kappa shape index (κ2) is 4.11. The Hall–Kier alpha value is -1.22. The summed E-state index contributed by atoms with van der Waals surface area (Å²) in [7, 11) is 0. The lowest BCUT2D eigenvalue weighted by molar-refractivity contribution is 0.164. The predicted octanol–water partition coefficient (Wildman–Crippen LogP) is 1.76. The van der Waals surface area contributed by atoms with Crippen LogP contribution in [0.3, 0.4) is 0 Å². The molecular weight excluding hydrogens is 188 g/mol. The Labute approximate surface area is 90.3 Å². The average Bonchev–Trinajstić information content (AvgIpc) is 3.03. The third-order valence-corrected chi connectivity index (χ3v) is 2.99. The van der Waals surface area contributed by atoms with E-state index in [9.17, 15) is 5.11 Å². The number of rotatable bonds is 4. The van der Waals surface area contributed by atoms with Gasteiger partial charge in [-0.2, -0.15) is 0 Å². The molecule has 0 heterocycles. The lowest BCUT2D eigenvalue weighted by atomic mass is 10.1. The highest BCUT2D eigenvalue weighted by Crippen LogP contribution is 2.33. The van der Waals surface area contributed by atoms with Crippen LogP contribution < -0.4 is 11.1 Å². The molecule has 0 saturated heterocycles. The highest BCUT2D eigenvalue weighted by Gasteiger charge is 2.29. The van der Waals surface area contributed by atoms with E-state index in [-0.39, 0.29) is 6.10 Å². The molecule has 2 rings (SSSR count). The van der Waals surface area contributed by atoms with Crippen molar-refractivity contribution in [1.29, 1.82) is 0 Å². The molecule has 0 aliphatic heterocycles. The third kappa shape index (κ3) is 2.42. The number of nitrogens with two attached hydrogens (primary N) is 1. The van der Waals surface area contributed by atoms with Gasteiger partial charge in [0.1, 0.15) is 0 Å². The fourth-order valence-electron chi connectivity index (χ4n) is 1.70. The zero-order valence-corrected chi connectivity index (χ0v) is 9.03. The Kier molecular flexibility index (Phi) is 2.82. The van der Waals surface area contributed by atoms with Crippen LogP contribution >= 0.6 is 0 Å². The van der Waals surface area contributed by atoms with E-state index in [2.05, 4.69) is 5.32 Å². The molecule has 0 aromatic heterocycles. The van der Waals surface area contributed by atoms with Crippen molar-refractivity contribution in [3.63, 3.8) is 0 Å². The maximum Gasteiger partial charge on any atom is 0.0740 e. The molecule has 1 unspecified atom stereocenters. The zero-order chi connectivity index (χ0) is 10.8. The number of nitrogens with one attached hydrogen (secondary N) is 1. The second-order valence-corrected chi connectivity index (χ2v) is 4.32. The molecule has 1 aliphatic carbocycles. The Morgan fingerprint density at radius 2 is 2.27 bits per heavy atom. The Bertz CT molecular complexity index is 347. The number of anilines is 2. The molecule has 1 fully saturated rings. The number of aryl methyl sites for hydroxylation is 1. The minimum Gasteiger partial charge on any atom is -0.397 e. The first-order chi connectivity index (χ1) is 7.18. The SMILES string of the molecule is Cc1cccc(NCC(O)C2CC2)c1N. The van der Waals surface area contributed by atoms with E-state index in [0.717, 1.165) is 29.8 Å². The summed E-state index contributed by atoms with van der Waals surface area (Å²) in [5.41, 5.74) is 8.69. The van der Waals surface area contributed by atoms with Gasteiger partial charge in [-0.1, -0.05) is 12.1 Å². The minimum absolute atomic E-state index is 0.232. The molecular formula is C12H18N2O. The number of benzene rings is 1. The second-order valence-electron chi connectivity index (χ2n) is 4.32. The molecule has 0 amide bonds. The van der Waals surface area contributed by atoms with Crippen LogP contribution in [-0.2, 0) is 0 Å². The normalized spacial score (nSPS) is 17.5. The monoisotopic (exact) mass is 206 g/mol. The van der Waals surface area contributed by atoms with Gasteiger partial charge in [0.05, 0.1) is 17.5 Å². The highest BCUT2D eigenvalue weighted by atomic mass is 16.3. The van der Waals surface area contributed by atoms with Crippen LogP contribution in [0.4, 0.5) is 11.4 Å². The maximum atomic E-state index is 9.71. The van der Waals surface area contributed by atoms with Gasteiger partial charge in [0.15, 0.2) is 0 Å². The number of nitrogen functional groups attached to an aromatic ring is 1. The van der Waals surface area contributed by atoms with E-state index in [0.29, 0.717) is 12.5 Å². The Morgan fingerprint density at radius 1 is 1.53 bits per heavy atom. The van der Waals surface area contributed by atoms with Gasteiger partial charge in [0.25, 0.3) is 0 Å². The molecule has 0 radical (unpaired) electrons. The summed E-state index contributed by atoms with van der Waals surface area (Å²) in [6, 6.07) is 5.90. The molecule has 1 saturated carbocycles. The van der Waals surface area contributed by atoms with Gasteiger partial charge < -0.3 is 16.2 Å². The van der Waals surface area contributed by atoms with E-state index in [1.165, 1.54) is 0 Å². The molecule has 3 heteroatoms. The molecule has 3 nitrogen and oxygen atoms in total. The molecule has 1 aliphatic rings. The fraction of sp³-hybridized carbons (Fsp3) is 0.500. The molecule has 1 aromatic rings. The predicted molar refractivity (Wildman–Crippen MR) is 62.8 cm³/mol. The van der Waals surface area contributed by atoms with Crippen LogP contribution in [0.25, 0.3) is 0 Å². The molecule has 1 atom stereocenters. The van der Waals surface area contributed by atoms with Crippen LogP contribution in [0, 0.1) is 12.8 Å². The summed E-state index contributed by atoms with van der Waals surface area (Å²) in [6.45, 7) is 2.58. The smallest absolute Gasteiger partial charge is 0.0740 e. The first-order valence-corrected chi connectivity index (χ1v) is 5.45. The summed E-state index contributed by atoms with van der Waals surface area (Å²) in [5, 5.41) is 12.9. The van der Waals surface area contributed by atoms with Gasteiger partial charge >= 0.3 is 0 Å². The summed E-state index contributed by atoms with van der Waals surface area (Å²) in [6.07, 6.45) is 2.09. The van der Waals surface area contributed by atoms with Crippen molar-refractivity contribution in [1.82, 2.24) is 0 Å². The fourth-order valence-corrected chi connectivity index (χ4v) is 1.70. The summed E-state index contributed by atoms with van der Waals surface area (Å²) < 4.78 is 0. The molecule has 4 N–H and O–H groups in total. The number of hydrogen-bond acceptors (Lipinski definition) is 3. The number of aliphatic hydroxyl groups excluding tert-OH is 1. The number of aliphatic hydroxyl groups is 1. The van der Waals surface area contributed by atoms with Crippen LogP contribution in [0.2, 0.25) is 0 Å². The zero-order valence-electron chi connectivity index (χ0n) is 9.03. The van der Waals surface area contributed by atoms with Crippen molar-refractivity contribution >= 4 is 11.4 Å². The van der Waals surface area contributed by atoms with Crippen LogP contribution in [0.5, 0.6) is 0 Å². The van der Waals surface area contributed by atoms with Crippen molar-refractivity contribution < 1.29 is 5.11 Å². The molecule has 15 heavy (non-hydrogen) atoms. The van der Waals surface area contributed by atoms with E-state index in [4.69, 9.17) is 5.73 Å². The van der Waals surface area contributed by atoms with Crippen molar-refractivity contribution in [2.24, 2.45) is 5.92 Å². The van der Waals surface area contributed by atoms with Gasteiger partial charge in [0, 0.05) is 6.54 Å².